The zero-order valence-electron chi connectivity index (χ0n) is 17.8. The molecule has 32 heavy (non-hydrogen) atoms. The fourth-order valence-electron chi connectivity index (χ4n) is 4.81. The zero-order valence-corrected chi connectivity index (χ0v) is 18.6. The number of amides is 2. The quantitative estimate of drug-likeness (QED) is 0.659. The number of aromatic amines is 1. The van der Waals surface area contributed by atoms with Crippen molar-refractivity contribution in [1.29, 1.82) is 0 Å². The van der Waals surface area contributed by atoms with Gasteiger partial charge in [-0.3, -0.25) is 9.59 Å². The number of fused-ring (bicyclic) bond motifs is 1. The molecule has 5 rings (SSSR count). The molecule has 166 valence electrons. The molecule has 0 bridgehead atoms. The third-order valence-corrected chi connectivity index (χ3v) is 6.84. The third kappa shape index (κ3) is 4.35. The number of aromatic nitrogens is 3. The summed E-state index contributed by atoms with van der Waals surface area (Å²) in [6, 6.07) is 11.3. The van der Waals surface area contributed by atoms with Gasteiger partial charge in [0.05, 0.1) is 17.9 Å². The van der Waals surface area contributed by atoms with E-state index in [2.05, 4.69) is 15.0 Å². The summed E-state index contributed by atoms with van der Waals surface area (Å²) in [5, 5.41) is 0.632. The topological polar surface area (TPSA) is 82.2 Å². The third-order valence-electron chi connectivity index (χ3n) is 6.60. The van der Waals surface area contributed by atoms with Crippen LogP contribution in [0, 0.1) is 5.92 Å². The van der Waals surface area contributed by atoms with Crippen LogP contribution in [0.4, 0.5) is 0 Å². The van der Waals surface area contributed by atoms with E-state index in [1.54, 1.807) is 12.3 Å². The van der Waals surface area contributed by atoms with Crippen molar-refractivity contribution < 1.29 is 9.59 Å². The van der Waals surface area contributed by atoms with Gasteiger partial charge in [0.2, 0.25) is 11.8 Å². The molecule has 7 nitrogen and oxygen atoms in total. The average Bonchev–Trinajstić information content (AvgIpc) is 3.46. The second-order valence-corrected chi connectivity index (χ2v) is 9.16. The van der Waals surface area contributed by atoms with E-state index in [4.69, 9.17) is 11.6 Å². The summed E-state index contributed by atoms with van der Waals surface area (Å²) in [5.74, 6) is 1.40. The number of benzene rings is 1. The van der Waals surface area contributed by atoms with E-state index in [9.17, 15) is 9.59 Å². The van der Waals surface area contributed by atoms with Crippen molar-refractivity contribution in [2.24, 2.45) is 5.92 Å². The van der Waals surface area contributed by atoms with Crippen molar-refractivity contribution in [2.75, 3.05) is 26.2 Å². The molecule has 4 heterocycles. The van der Waals surface area contributed by atoms with Gasteiger partial charge in [0.25, 0.3) is 0 Å². The van der Waals surface area contributed by atoms with Crippen LogP contribution in [-0.2, 0) is 16.0 Å². The number of rotatable bonds is 4. The highest BCUT2D eigenvalue weighted by atomic mass is 35.5. The molecule has 2 saturated heterocycles. The normalized spacial score (nSPS) is 19.6. The van der Waals surface area contributed by atoms with Gasteiger partial charge in [-0.25, -0.2) is 9.97 Å². The molecule has 0 spiro atoms. The minimum absolute atomic E-state index is 0.0553. The van der Waals surface area contributed by atoms with Crippen molar-refractivity contribution in [3.05, 3.63) is 59.0 Å². The van der Waals surface area contributed by atoms with Crippen molar-refractivity contribution in [2.45, 2.75) is 31.6 Å². The van der Waals surface area contributed by atoms with Gasteiger partial charge in [-0.2, -0.15) is 0 Å². The molecule has 0 aliphatic carbocycles. The Kier molecular flexibility index (Phi) is 5.83. The Morgan fingerprint density at radius 1 is 1.06 bits per heavy atom. The first kappa shape index (κ1) is 20.9. The molecule has 3 aromatic rings. The van der Waals surface area contributed by atoms with Gasteiger partial charge >= 0.3 is 0 Å². The molecule has 1 aromatic carbocycles. The number of carbonyl (C=O) groups is 2. The lowest BCUT2D eigenvalue weighted by molar-refractivity contribution is -0.136. The predicted molar refractivity (Wildman–Crippen MR) is 122 cm³/mol. The Morgan fingerprint density at radius 3 is 2.66 bits per heavy atom. The van der Waals surface area contributed by atoms with Crippen LogP contribution in [0.5, 0.6) is 0 Å². The lowest BCUT2D eigenvalue weighted by Crippen LogP contribution is -2.42. The van der Waals surface area contributed by atoms with E-state index in [1.807, 2.05) is 40.1 Å². The number of imidazole rings is 1. The summed E-state index contributed by atoms with van der Waals surface area (Å²) in [4.78, 5) is 41.9. The SMILES string of the molecule is O=C(Cc1cccc(Cl)c1)N1CCC(C(=O)N2CCC(c3nc4ncccc4[nH]3)CC2)C1. The highest BCUT2D eigenvalue weighted by molar-refractivity contribution is 6.30. The molecule has 2 amide bonds. The van der Waals surface area contributed by atoms with Gasteiger partial charge < -0.3 is 14.8 Å². The van der Waals surface area contributed by atoms with Crippen molar-refractivity contribution >= 4 is 34.6 Å². The van der Waals surface area contributed by atoms with Gasteiger partial charge in [-0.15, -0.1) is 0 Å². The van der Waals surface area contributed by atoms with Gasteiger partial charge in [0, 0.05) is 43.3 Å². The average molecular weight is 452 g/mol. The molecular weight excluding hydrogens is 426 g/mol. The van der Waals surface area contributed by atoms with Gasteiger partial charge in [0.1, 0.15) is 5.82 Å². The number of hydrogen-bond acceptors (Lipinski definition) is 4. The number of piperidine rings is 1. The largest absolute Gasteiger partial charge is 0.342 e. The van der Waals surface area contributed by atoms with Crippen molar-refractivity contribution in [3.63, 3.8) is 0 Å². The highest BCUT2D eigenvalue weighted by Crippen LogP contribution is 2.29. The van der Waals surface area contributed by atoms with Crippen LogP contribution in [0.15, 0.2) is 42.6 Å². The number of nitrogens with zero attached hydrogens (tertiary/aromatic N) is 4. The van der Waals surface area contributed by atoms with Crippen LogP contribution in [0.25, 0.3) is 11.2 Å². The van der Waals surface area contributed by atoms with Crippen LogP contribution in [0.2, 0.25) is 5.02 Å². The van der Waals surface area contributed by atoms with E-state index in [0.717, 1.165) is 54.9 Å². The molecule has 0 saturated carbocycles. The molecule has 1 N–H and O–H groups in total. The summed E-state index contributed by atoms with van der Waals surface area (Å²) in [5.41, 5.74) is 2.60. The van der Waals surface area contributed by atoms with E-state index in [1.165, 1.54) is 0 Å². The van der Waals surface area contributed by atoms with E-state index < -0.39 is 0 Å². The molecule has 0 radical (unpaired) electrons. The molecule has 8 heteroatoms. The first-order valence-electron chi connectivity index (χ1n) is 11.2. The number of nitrogens with one attached hydrogen (secondary N) is 1. The minimum atomic E-state index is -0.106. The zero-order chi connectivity index (χ0) is 22.1. The molecule has 2 aliphatic heterocycles. The Bertz CT molecular complexity index is 1110. The number of likely N-dealkylation sites (tertiary alicyclic amines) is 2. The minimum Gasteiger partial charge on any atom is -0.342 e. The van der Waals surface area contributed by atoms with Gasteiger partial charge in [-0.1, -0.05) is 23.7 Å². The fourth-order valence-corrected chi connectivity index (χ4v) is 5.02. The molecule has 2 aliphatic rings. The second kappa shape index (κ2) is 8.90. The maximum Gasteiger partial charge on any atom is 0.227 e. The monoisotopic (exact) mass is 451 g/mol. The number of halogens is 1. The lowest BCUT2D eigenvalue weighted by Gasteiger charge is -2.32. The fraction of sp³-hybridized carbons (Fsp3) is 0.417. The predicted octanol–water partition coefficient (Wildman–Crippen LogP) is 3.41. The van der Waals surface area contributed by atoms with E-state index in [0.29, 0.717) is 30.5 Å². The number of pyridine rings is 1. The lowest BCUT2D eigenvalue weighted by atomic mass is 9.95. The second-order valence-electron chi connectivity index (χ2n) is 8.73. The van der Waals surface area contributed by atoms with Crippen LogP contribution in [0.3, 0.4) is 0 Å². The highest BCUT2D eigenvalue weighted by Gasteiger charge is 2.35. The van der Waals surface area contributed by atoms with Crippen LogP contribution in [-0.4, -0.2) is 62.7 Å². The Labute approximate surface area is 191 Å². The molecule has 2 aromatic heterocycles. The molecule has 2 fully saturated rings. The van der Waals surface area contributed by atoms with Crippen LogP contribution in [0.1, 0.15) is 36.6 Å². The van der Waals surface area contributed by atoms with Gasteiger partial charge in [0.15, 0.2) is 5.65 Å². The van der Waals surface area contributed by atoms with Crippen molar-refractivity contribution in [3.8, 4) is 0 Å². The maximum absolute atomic E-state index is 13.1. The molecular formula is C24H26ClN5O2. The number of hydrogen-bond donors (Lipinski definition) is 1. The first-order chi connectivity index (χ1) is 15.6. The first-order valence-corrected chi connectivity index (χ1v) is 11.6. The Hall–Kier alpha value is -2.93. The van der Waals surface area contributed by atoms with Crippen molar-refractivity contribution in [1.82, 2.24) is 24.8 Å². The van der Waals surface area contributed by atoms with Gasteiger partial charge in [-0.05, 0) is 49.1 Å². The Balaban J connectivity index is 1.14. The summed E-state index contributed by atoms with van der Waals surface area (Å²) >= 11 is 6.02. The molecule has 1 atom stereocenters. The van der Waals surface area contributed by atoms with E-state index >= 15 is 0 Å². The number of H-pyrrole nitrogens is 1. The summed E-state index contributed by atoms with van der Waals surface area (Å²) in [6.07, 6.45) is 4.57. The summed E-state index contributed by atoms with van der Waals surface area (Å²) in [7, 11) is 0. The maximum atomic E-state index is 13.1. The van der Waals surface area contributed by atoms with E-state index in [-0.39, 0.29) is 17.7 Å². The number of carbonyl (C=O) groups excluding carboxylic acids is 2. The standard InChI is InChI=1S/C24H26ClN5O2/c25-19-4-1-3-16(13-19)14-21(31)30-12-8-18(15-30)24(32)29-10-6-17(7-11-29)22-27-20-5-2-9-26-23(20)28-22/h1-5,9,13,17-18H,6-8,10-12,14-15H2,(H,26,27,28). The summed E-state index contributed by atoms with van der Waals surface area (Å²) < 4.78 is 0. The summed E-state index contributed by atoms with van der Waals surface area (Å²) in [6.45, 7) is 2.59. The Morgan fingerprint density at radius 2 is 1.88 bits per heavy atom. The van der Waals surface area contributed by atoms with Crippen LogP contribution < -0.4 is 0 Å². The molecule has 1 unspecified atom stereocenters. The smallest absolute Gasteiger partial charge is 0.227 e. The van der Waals surface area contributed by atoms with Crippen LogP contribution >= 0.6 is 11.6 Å².